The molecular formula is C82H155NO5. The predicted octanol–water partition coefficient (Wildman–Crippen LogP) is 26.4. The van der Waals surface area contributed by atoms with Crippen LogP contribution in [0.1, 0.15) is 438 Å². The number of aliphatic hydroxyl groups is 2. The SMILES string of the molecule is CCCC/C=C\CCCCCCCC(=O)OCCCCCCCCCCCCCCCCC/C=C\C/C=C\CCCCCCCCCCCCCCCCCCCC(=O)NC(CO)C(O)/C=C/CCCCCCCCCCCCCCCCCCCCC. The number of carbonyl (C=O) groups excluding carboxylic acids is 2. The van der Waals surface area contributed by atoms with E-state index in [1.807, 2.05) is 6.08 Å². The van der Waals surface area contributed by atoms with Crippen LogP contribution in [0.5, 0.6) is 0 Å². The summed E-state index contributed by atoms with van der Waals surface area (Å²) < 4.78 is 5.47. The number of esters is 1. The Morgan fingerprint density at radius 3 is 0.909 bits per heavy atom. The van der Waals surface area contributed by atoms with Crippen LogP contribution in [0.25, 0.3) is 0 Å². The van der Waals surface area contributed by atoms with E-state index in [9.17, 15) is 19.8 Å². The molecule has 0 aliphatic heterocycles. The molecule has 518 valence electrons. The molecule has 0 spiro atoms. The second kappa shape index (κ2) is 77.3. The van der Waals surface area contributed by atoms with Crippen molar-refractivity contribution in [3.05, 3.63) is 48.6 Å². The molecule has 0 heterocycles. The van der Waals surface area contributed by atoms with E-state index in [0.29, 0.717) is 19.4 Å². The highest BCUT2D eigenvalue weighted by atomic mass is 16.5. The van der Waals surface area contributed by atoms with E-state index in [1.54, 1.807) is 6.08 Å². The number of amides is 1. The molecule has 3 N–H and O–H groups in total. The molecule has 0 aliphatic rings. The van der Waals surface area contributed by atoms with Crippen molar-refractivity contribution < 1.29 is 24.5 Å². The van der Waals surface area contributed by atoms with Gasteiger partial charge in [0.25, 0.3) is 0 Å². The molecule has 2 unspecified atom stereocenters. The molecular weight excluding hydrogens is 1080 g/mol. The lowest BCUT2D eigenvalue weighted by Crippen LogP contribution is -2.45. The van der Waals surface area contributed by atoms with Crippen molar-refractivity contribution in [3.63, 3.8) is 0 Å². The lowest BCUT2D eigenvalue weighted by atomic mass is 10.0. The maximum absolute atomic E-state index is 12.5. The van der Waals surface area contributed by atoms with Crippen molar-refractivity contribution in [1.29, 1.82) is 0 Å². The van der Waals surface area contributed by atoms with E-state index in [1.165, 1.54) is 360 Å². The molecule has 6 heteroatoms. The second-order valence-electron chi connectivity index (χ2n) is 27.4. The van der Waals surface area contributed by atoms with Gasteiger partial charge in [0.15, 0.2) is 0 Å². The summed E-state index contributed by atoms with van der Waals surface area (Å²) in [4.78, 5) is 24.6. The van der Waals surface area contributed by atoms with Crippen LogP contribution in [0.15, 0.2) is 48.6 Å². The largest absolute Gasteiger partial charge is 0.466 e. The minimum atomic E-state index is -0.844. The van der Waals surface area contributed by atoms with Gasteiger partial charge < -0.3 is 20.3 Å². The van der Waals surface area contributed by atoms with E-state index in [0.717, 1.165) is 51.4 Å². The van der Waals surface area contributed by atoms with Gasteiger partial charge in [0, 0.05) is 12.8 Å². The molecule has 1 amide bonds. The summed E-state index contributed by atoms with van der Waals surface area (Å²) in [6.07, 6.45) is 102. The summed E-state index contributed by atoms with van der Waals surface area (Å²) in [7, 11) is 0. The third kappa shape index (κ3) is 72.9. The fourth-order valence-electron chi connectivity index (χ4n) is 12.5. The third-order valence-corrected chi connectivity index (χ3v) is 18.6. The molecule has 6 nitrogen and oxygen atoms in total. The van der Waals surface area contributed by atoms with Crippen molar-refractivity contribution in [1.82, 2.24) is 5.32 Å². The smallest absolute Gasteiger partial charge is 0.305 e. The number of hydrogen-bond donors (Lipinski definition) is 3. The van der Waals surface area contributed by atoms with E-state index in [-0.39, 0.29) is 18.5 Å². The lowest BCUT2D eigenvalue weighted by molar-refractivity contribution is -0.143. The summed E-state index contributed by atoms with van der Waals surface area (Å²) in [6.45, 7) is 4.91. The van der Waals surface area contributed by atoms with Crippen LogP contribution in [0, 0.1) is 0 Å². The van der Waals surface area contributed by atoms with Crippen molar-refractivity contribution in [2.45, 2.75) is 450 Å². The molecule has 0 bridgehead atoms. The van der Waals surface area contributed by atoms with Crippen LogP contribution in [0.3, 0.4) is 0 Å². The summed E-state index contributed by atoms with van der Waals surface area (Å²) in [5.41, 5.74) is 0. The van der Waals surface area contributed by atoms with Crippen LogP contribution >= 0.6 is 0 Å². The first-order valence-corrected chi connectivity index (χ1v) is 39.9. The van der Waals surface area contributed by atoms with Crippen LogP contribution < -0.4 is 5.32 Å². The minimum Gasteiger partial charge on any atom is -0.466 e. The first-order valence-electron chi connectivity index (χ1n) is 39.9. The van der Waals surface area contributed by atoms with Gasteiger partial charge in [0.2, 0.25) is 5.91 Å². The fourth-order valence-corrected chi connectivity index (χ4v) is 12.5. The van der Waals surface area contributed by atoms with E-state index >= 15 is 0 Å². The number of ether oxygens (including phenoxy) is 1. The number of carbonyl (C=O) groups is 2. The van der Waals surface area contributed by atoms with Crippen LogP contribution in [0.4, 0.5) is 0 Å². The van der Waals surface area contributed by atoms with Gasteiger partial charge in [-0.2, -0.15) is 0 Å². The molecule has 0 aromatic rings. The summed E-state index contributed by atoms with van der Waals surface area (Å²) in [6, 6.07) is -0.627. The molecule has 0 saturated heterocycles. The van der Waals surface area contributed by atoms with Gasteiger partial charge in [-0.15, -0.1) is 0 Å². The Morgan fingerprint density at radius 2 is 0.580 bits per heavy atom. The number of unbranched alkanes of at least 4 members (excludes halogenated alkanes) is 58. The number of nitrogens with one attached hydrogen (secondary N) is 1. The average molecular weight is 1240 g/mol. The Kier molecular flexibility index (Phi) is 75.4. The van der Waals surface area contributed by atoms with E-state index in [4.69, 9.17) is 4.74 Å². The lowest BCUT2D eigenvalue weighted by Gasteiger charge is -2.20. The first-order chi connectivity index (χ1) is 43.5. The van der Waals surface area contributed by atoms with Crippen molar-refractivity contribution >= 4 is 11.9 Å². The summed E-state index contributed by atoms with van der Waals surface area (Å²) in [5, 5.41) is 23.3. The zero-order valence-corrected chi connectivity index (χ0v) is 59.5. The molecule has 0 aromatic heterocycles. The topological polar surface area (TPSA) is 95.9 Å². The van der Waals surface area contributed by atoms with Gasteiger partial charge in [0.05, 0.1) is 25.4 Å². The zero-order valence-electron chi connectivity index (χ0n) is 59.5. The van der Waals surface area contributed by atoms with Crippen LogP contribution in [-0.4, -0.2) is 47.4 Å². The van der Waals surface area contributed by atoms with Crippen LogP contribution in [0.2, 0.25) is 0 Å². The van der Waals surface area contributed by atoms with Gasteiger partial charge >= 0.3 is 5.97 Å². The highest BCUT2D eigenvalue weighted by molar-refractivity contribution is 5.76. The Bertz CT molecular complexity index is 1470. The van der Waals surface area contributed by atoms with Gasteiger partial charge in [-0.25, -0.2) is 0 Å². The summed E-state index contributed by atoms with van der Waals surface area (Å²) in [5.74, 6) is -0.0514. The van der Waals surface area contributed by atoms with Gasteiger partial charge in [-0.3, -0.25) is 9.59 Å². The van der Waals surface area contributed by atoms with E-state index in [2.05, 4.69) is 55.6 Å². The average Bonchev–Trinajstić information content (AvgIpc) is 3.55. The highest BCUT2D eigenvalue weighted by Crippen LogP contribution is 2.19. The monoisotopic (exact) mass is 1230 g/mol. The maximum Gasteiger partial charge on any atom is 0.305 e. The Morgan fingerprint density at radius 1 is 0.318 bits per heavy atom. The normalized spacial score (nSPS) is 12.7. The molecule has 2 atom stereocenters. The summed E-state index contributed by atoms with van der Waals surface area (Å²) >= 11 is 0. The fraction of sp³-hybridized carbons (Fsp3) is 0.878. The molecule has 0 aliphatic carbocycles. The van der Waals surface area contributed by atoms with E-state index < -0.39 is 12.1 Å². The van der Waals surface area contributed by atoms with Gasteiger partial charge in [-0.1, -0.05) is 390 Å². The number of rotatable bonds is 75. The maximum atomic E-state index is 12.5. The molecule has 0 radical (unpaired) electrons. The van der Waals surface area contributed by atoms with Crippen molar-refractivity contribution in [2.75, 3.05) is 13.2 Å². The molecule has 88 heavy (non-hydrogen) atoms. The van der Waals surface area contributed by atoms with Gasteiger partial charge in [0.1, 0.15) is 0 Å². The molecule has 0 saturated carbocycles. The molecule has 0 rings (SSSR count). The Labute approximate surface area is 550 Å². The third-order valence-electron chi connectivity index (χ3n) is 18.6. The standard InChI is InChI=1S/C82H155NO5/c1-3-5-7-9-11-13-15-16-17-18-19-39-42-45-48-51-55-58-62-66-70-74-80(85)79(78-84)83-81(86)75-71-67-63-59-56-52-49-46-43-40-37-35-33-31-29-27-25-23-21-20-22-24-26-28-30-32-34-36-38-41-44-47-50-53-57-61-65-69-73-77-88-82(87)76-72-68-64-60-54-14-12-10-8-6-4-2/h10,12,20-21,24,26,70,74,79-80,84-85H,3-9,11,13-19,22-23,25,27-69,71-73,75-78H2,1-2H3,(H,83,86)/b12-10-,21-20-,26-24-,74-70+. The number of hydrogen-bond acceptors (Lipinski definition) is 5. The number of allylic oxidation sites excluding steroid dienone is 7. The molecule has 0 fully saturated rings. The first kappa shape index (κ1) is 85.8. The van der Waals surface area contributed by atoms with Crippen molar-refractivity contribution in [3.8, 4) is 0 Å². The van der Waals surface area contributed by atoms with Crippen molar-refractivity contribution in [2.24, 2.45) is 0 Å². The van der Waals surface area contributed by atoms with Gasteiger partial charge in [-0.05, 0) is 83.5 Å². The number of aliphatic hydroxyl groups excluding tert-OH is 2. The minimum absolute atomic E-state index is 0.00926. The quantitative estimate of drug-likeness (QED) is 0.0320. The Balaban J connectivity index is 3.38. The molecule has 0 aromatic carbocycles. The predicted molar refractivity (Wildman–Crippen MR) is 389 cm³/mol. The zero-order chi connectivity index (χ0) is 63.5. The highest BCUT2D eigenvalue weighted by Gasteiger charge is 2.18. The second-order valence-corrected chi connectivity index (χ2v) is 27.4. The Hall–Kier alpha value is -2.18. The van der Waals surface area contributed by atoms with Crippen LogP contribution in [-0.2, 0) is 14.3 Å².